The van der Waals surface area contributed by atoms with Crippen LogP contribution in [-0.2, 0) is 23.4 Å². The van der Waals surface area contributed by atoms with E-state index in [1.165, 1.54) is 12.8 Å². The van der Waals surface area contributed by atoms with E-state index < -0.39 is 9.84 Å². The quantitative estimate of drug-likeness (QED) is 0.878. The molecule has 2 saturated carbocycles. The summed E-state index contributed by atoms with van der Waals surface area (Å²) in [5.41, 5.74) is 0.794. The van der Waals surface area contributed by atoms with Crippen molar-refractivity contribution in [3.63, 3.8) is 0 Å². The highest BCUT2D eigenvalue weighted by atomic mass is 32.2. The summed E-state index contributed by atoms with van der Waals surface area (Å²) < 4.78 is 26.4. The van der Waals surface area contributed by atoms with Gasteiger partial charge in [0.2, 0.25) is 0 Å². The van der Waals surface area contributed by atoms with E-state index in [9.17, 15) is 8.42 Å². The molecule has 0 bridgehead atoms. The van der Waals surface area contributed by atoms with Crippen LogP contribution in [0.2, 0.25) is 0 Å². The predicted octanol–water partition coefficient (Wildman–Crippen LogP) is 2.24. The van der Waals surface area contributed by atoms with Crippen LogP contribution in [0.5, 0.6) is 0 Å². The van der Waals surface area contributed by atoms with E-state index in [1.807, 2.05) is 13.1 Å². The Morgan fingerprint density at radius 2 is 2.04 bits per heavy atom. The average molecular weight is 332 g/mol. The van der Waals surface area contributed by atoms with Gasteiger partial charge in [0.05, 0.1) is 16.7 Å². The van der Waals surface area contributed by atoms with Crippen LogP contribution >= 0.6 is 0 Å². The molecule has 1 aromatic carbocycles. The molecule has 0 atom stereocenters. The second kappa shape index (κ2) is 5.33. The van der Waals surface area contributed by atoms with Crippen LogP contribution in [0.25, 0.3) is 0 Å². The summed E-state index contributed by atoms with van der Waals surface area (Å²) in [6.45, 7) is 0.531. The van der Waals surface area contributed by atoms with Gasteiger partial charge < -0.3 is 5.32 Å². The van der Waals surface area contributed by atoms with Crippen molar-refractivity contribution in [3.05, 3.63) is 35.9 Å². The first-order valence-electron chi connectivity index (χ1n) is 8.01. The summed E-state index contributed by atoms with van der Waals surface area (Å²) in [6.07, 6.45) is 3.92. The molecule has 2 fully saturated rings. The number of hydrogen-bond acceptors (Lipinski definition) is 5. The minimum atomic E-state index is -3.15. The number of rotatable bonds is 6. The van der Waals surface area contributed by atoms with Gasteiger partial charge in [0, 0.05) is 18.7 Å². The molecule has 0 unspecified atom stereocenters. The van der Waals surface area contributed by atoms with Crippen molar-refractivity contribution < 1.29 is 8.42 Å². The van der Waals surface area contributed by atoms with Gasteiger partial charge in [0.15, 0.2) is 15.7 Å². The molecule has 4 rings (SSSR count). The SMILES string of the molecule is Cn1nc(C2CC2)nc1CNc1cccc(S(=O)(=O)C2CC2)c1. The minimum absolute atomic E-state index is 0.183. The molecule has 0 amide bonds. The van der Waals surface area contributed by atoms with E-state index in [2.05, 4.69) is 15.4 Å². The van der Waals surface area contributed by atoms with Gasteiger partial charge in [-0.25, -0.2) is 13.4 Å². The zero-order valence-electron chi connectivity index (χ0n) is 13.1. The van der Waals surface area contributed by atoms with Crippen LogP contribution in [0.3, 0.4) is 0 Å². The molecule has 7 heteroatoms. The Labute approximate surface area is 135 Å². The van der Waals surface area contributed by atoms with Crippen LogP contribution in [0.15, 0.2) is 29.2 Å². The normalized spacial score (nSPS) is 18.1. The zero-order valence-corrected chi connectivity index (χ0v) is 13.9. The van der Waals surface area contributed by atoms with Crippen molar-refractivity contribution in [2.45, 2.75) is 48.3 Å². The fourth-order valence-corrected chi connectivity index (χ4v) is 4.34. The van der Waals surface area contributed by atoms with Gasteiger partial charge in [0.25, 0.3) is 0 Å². The van der Waals surface area contributed by atoms with Crippen LogP contribution in [0, 0.1) is 0 Å². The van der Waals surface area contributed by atoms with E-state index in [-0.39, 0.29) is 5.25 Å². The molecule has 122 valence electrons. The van der Waals surface area contributed by atoms with E-state index in [4.69, 9.17) is 0 Å². The molecule has 0 saturated heterocycles. The highest BCUT2D eigenvalue weighted by molar-refractivity contribution is 7.92. The Balaban J connectivity index is 1.49. The lowest BCUT2D eigenvalue weighted by Gasteiger charge is -2.08. The maximum absolute atomic E-state index is 12.3. The topological polar surface area (TPSA) is 76.9 Å². The number of aromatic nitrogens is 3. The first-order chi connectivity index (χ1) is 11.0. The molecule has 0 radical (unpaired) electrons. The van der Waals surface area contributed by atoms with E-state index in [0.29, 0.717) is 17.4 Å². The molecular weight excluding hydrogens is 312 g/mol. The van der Waals surface area contributed by atoms with Crippen LogP contribution < -0.4 is 5.32 Å². The van der Waals surface area contributed by atoms with Crippen LogP contribution in [-0.4, -0.2) is 28.4 Å². The fraction of sp³-hybridized carbons (Fsp3) is 0.500. The van der Waals surface area contributed by atoms with Gasteiger partial charge in [-0.05, 0) is 43.9 Å². The molecule has 1 heterocycles. The van der Waals surface area contributed by atoms with Crippen molar-refractivity contribution in [3.8, 4) is 0 Å². The monoisotopic (exact) mass is 332 g/mol. The van der Waals surface area contributed by atoms with Crippen LogP contribution in [0.4, 0.5) is 5.69 Å². The number of anilines is 1. The lowest BCUT2D eigenvalue weighted by atomic mass is 10.3. The van der Waals surface area contributed by atoms with Gasteiger partial charge in [0.1, 0.15) is 5.82 Å². The maximum atomic E-state index is 12.3. The lowest BCUT2D eigenvalue weighted by Crippen LogP contribution is -2.09. The molecule has 0 spiro atoms. The molecular formula is C16H20N4O2S. The van der Waals surface area contributed by atoms with Gasteiger partial charge in [-0.3, -0.25) is 4.68 Å². The first kappa shape index (κ1) is 14.7. The van der Waals surface area contributed by atoms with Crippen LogP contribution in [0.1, 0.15) is 43.3 Å². The third-order valence-corrected chi connectivity index (χ3v) is 6.65. The Hall–Kier alpha value is -1.89. The zero-order chi connectivity index (χ0) is 16.0. The third kappa shape index (κ3) is 2.97. The smallest absolute Gasteiger partial charge is 0.181 e. The molecule has 1 aromatic heterocycles. The number of benzene rings is 1. The number of aryl methyl sites for hydroxylation is 1. The number of nitrogens with zero attached hydrogens (tertiary/aromatic N) is 3. The Morgan fingerprint density at radius 3 is 2.74 bits per heavy atom. The van der Waals surface area contributed by atoms with Crippen molar-refractivity contribution in [2.24, 2.45) is 7.05 Å². The lowest BCUT2D eigenvalue weighted by molar-refractivity contribution is 0.595. The van der Waals surface area contributed by atoms with Crippen molar-refractivity contribution in [2.75, 3.05) is 5.32 Å². The van der Waals surface area contributed by atoms with Crippen molar-refractivity contribution >= 4 is 15.5 Å². The summed E-state index contributed by atoms with van der Waals surface area (Å²) in [5.74, 6) is 2.32. The number of hydrogen-bond donors (Lipinski definition) is 1. The summed E-state index contributed by atoms with van der Waals surface area (Å²) in [6, 6.07) is 7.05. The first-order valence-corrected chi connectivity index (χ1v) is 9.56. The summed E-state index contributed by atoms with van der Waals surface area (Å²) in [4.78, 5) is 4.97. The number of sulfone groups is 1. The van der Waals surface area contributed by atoms with Gasteiger partial charge in [-0.2, -0.15) is 5.10 Å². The molecule has 2 aliphatic carbocycles. The van der Waals surface area contributed by atoms with E-state index >= 15 is 0 Å². The Bertz CT molecular complexity index is 836. The Kier molecular flexibility index (Phi) is 3.41. The predicted molar refractivity (Wildman–Crippen MR) is 87.0 cm³/mol. The molecule has 2 aromatic rings. The molecule has 23 heavy (non-hydrogen) atoms. The van der Waals surface area contributed by atoms with Crippen molar-refractivity contribution in [1.82, 2.24) is 14.8 Å². The van der Waals surface area contributed by atoms with Gasteiger partial charge >= 0.3 is 0 Å². The molecule has 1 N–H and O–H groups in total. The largest absolute Gasteiger partial charge is 0.378 e. The summed E-state index contributed by atoms with van der Waals surface area (Å²) in [7, 11) is -1.26. The standard InChI is InChI=1S/C16H20N4O2S/c1-20-15(18-16(19-20)11-5-6-11)10-17-12-3-2-4-14(9-12)23(21,22)13-7-8-13/h2-4,9,11,13,17H,5-8,10H2,1H3. The van der Waals surface area contributed by atoms with E-state index in [0.717, 1.165) is 30.2 Å². The molecule has 0 aliphatic heterocycles. The second-order valence-electron chi connectivity index (χ2n) is 6.41. The molecule has 2 aliphatic rings. The second-order valence-corrected chi connectivity index (χ2v) is 8.64. The third-order valence-electron chi connectivity index (χ3n) is 4.39. The summed E-state index contributed by atoms with van der Waals surface area (Å²) >= 11 is 0. The van der Waals surface area contributed by atoms with E-state index in [1.54, 1.807) is 22.9 Å². The van der Waals surface area contributed by atoms with Gasteiger partial charge in [-0.1, -0.05) is 6.07 Å². The van der Waals surface area contributed by atoms with Crippen molar-refractivity contribution in [1.29, 1.82) is 0 Å². The highest BCUT2D eigenvalue weighted by Crippen LogP contribution is 2.38. The average Bonchev–Trinajstić information content (AvgIpc) is 3.43. The maximum Gasteiger partial charge on any atom is 0.181 e. The van der Waals surface area contributed by atoms with Gasteiger partial charge in [-0.15, -0.1) is 0 Å². The Morgan fingerprint density at radius 1 is 1.26 bits per heavy atom. The fourth-order valence-electron chi connectivity index (χ4n) is 2.64. The molecule has 6 nitrogen and oxygen atoms in total. The number of nitrogens with one attached hydrogen (secondary N) is 1. The summed E-state index contributed by atoms with van der Waals surface area (Å²) in [5, 5.41) is 7.52. The minimum Gasteiger partial charge on any atom is -0.378 e. The highest BCUT2D eigenvalue weighted by Gasteiger charge is 2.36.